The van der Waals surface area contributed by atoms with Crippen molar-refractivity contribution in [3.8, 4) is 6.07 Å². The molecular formula is C15H12N2O6. The van der Waals surface area contributed by atoms with Gasteiger partial charge in [0.1, 0.15) is 6.07 Å². The fourth-order valence-corrected chi connectivity index (χ4v) is 1.85. The molecule has 1 aliphatic rings. The number of anilines is 1. The molecule has 2 N–H and O–H groups in total. The maximum atomic E-state index is 11.7. The quantitative estimate of drug-likeness (QED) is 0.486. The highest BCUT2D eigenvalue weighted by atomic mass is 16.7. The van der Waals surface area contributed by atoms with Crippen molar-refractivity contribution in [3.63, 3.8) is 0 Å². The minimum atomic E-state index is -1.33. The number of nitrogens with zero attached hydrogens (tertiary/aromatic N) is 1. The monoisotopic (exact) mass is 316 g/mol. The first-order valence-corrected chi connectivity index (χ1v) is 6.44. The maximum Gasteiger partial charge on any atom is 0.350 e. The number of carbonyl (C=O) groups is 3. The van der Waals surface area contributed by atoms with Gasteiger partial charge in [0.25, 0.3) is 5.79 Å². The normalized spacial score (nSPS) is 16.0. The minimum Gasteiger partial charge on any atom is -0.478 e. The summed E-state index contributed by atoms with van der Waals surface area (Å²) in [5.41, 5.74) is -0.227. The zero-order valence-corrected chi connectivity index (χ0v) is 12.2. The van der Waals surface area contributed by atoms with Crippen molar-refractivity contribution in [2.24, 2.45) is 0 Å². The second kappa shape index (κ2) is 5.81. The van der Waals surface area contributed by atoms with E-state index in [4.69, 9.17) is 19.8 Å². The van der Waals surface area contributed by atoms with Crippen LogP contribution < -0.4 is 5.32 Å². The number of ether oxygens (including phenoxy) is 2. The number of carbonyl (C=O) groups excluding carboxylic acids is 2. The van der Waals surface area contributed by atoms with E-state index in [2.05, 4.69) is 5.32 Å². The number of hydrogen-bond donors (Lipinski definition) is 2. The summed E-state index contributed by atoms with van der Waals surface area (Å²) in [5, 5.41) is 20.5. The van der Waals surface area contributed by atoms with Gasteiger partial charge in [-0.15, -0.1) is 0 Å². The Morgan fingerprint density at radius 2 is 1.91 bits per heavy atom. The molecule has 1 heterocycles. The lowest BCUT2D eigenvalue weighted by atomic mass is 10.1. The van der Waals surface area contributed by atoms with Gasteiger partial charge >= 0.3 is 17.9 Å². The lowest BCUT2D eigenvalue weighted by molar-refractivity contribution is -0.222. The number of aromatic carboxylic acids is 1. The molecule has 0 atom stereocenters. The Kier molecular flexibility index (Phi) is 4.05. The molecule has 0 bridgehead atoms. The number of hydrogen-bond acceptors (Lipinski definition) is 7. The SMILES string of the molecule is CC1(C)OC(=O)C(=CNc2ccc(C(=O)O)c(C#N)c2)C(=O)O1. The van der Waals surface area contributed by atoms with E-state index >= 15 is 0 Å². The zero-order chi connectivity index (χ0) is 17.2. The van der Waals surface area contributed by atoms with Crippen LogP contribution in [0.3, 0.4) is 0 Å². The maximum absolute atomic E-state index is 11.7. The molecular weight excluding hydrogens is 304 g/mol. The van der Waals surface area contributed by atoms with E-state index in [1.165, 1.54) is 32.0 Å². The third kappa shape index (κ3) is 3.47. The summed E-state index contributed by atoms with van der Waals surface area (Å²) >= 11 is 0. The van der Waals surface area contributed by atoms with E-state index in [0.717, 1.165) is 6.20 Å². The van der Waals surface area contributed by atoms with Crippen LogP contribution >= 0.6 is 0 Å². The van der Waals surface area contributed by atoms with Crippen molar-refractivity contribution in [1.29, 1.82) is 5.26 Å². The second-order valence-corrected chi connectivity index (χ2v) is 5.06. The molecule has 1 fully saturated rings. The summed E-state index contributed by atoms with van der Waals surface area (Å²) in [6.07, 6.45) is 1.08. The average molecular weight is 316 g/mol. The number of rotatable bonds is 3. The predicted octanol–water partition coefficient (Wildman–Crippen LogP) is 1.39. The molecule has 0 aliphatic carbocycles. The summed E-state index contributed by atoms with van der Waals surface area (Å²) < 4.78 is 9.84. The molecule has 0 unspecified atom stereocenters. The van der Waals surface area contributed by atoms with E-state index < -0.39 is 23.7 Å². The number of esters is 2. The Morgan fingerprint density at radius 3 is 2.43 bits per heavy atom. The first-order valence-electron chi connectivity index (χ1n) is 6.44. The van der Waals surface area contributed by atoms with Crippen molar-refractivity contribution in [3.05, 3.63) is 41.1 Å². The molecule has 0 spiro atoms. The lowest BCUT2D eigenvalue weighted by Crippen LogP contribution is -2.42. The van der Waals surface area contributed by atoms with Crippen molar-refractivity contribution in [2.45, 2.75) is 19.6 Å². The van der Waals surface area contributed by atoms with Crippen molar-refractivity contribution >= 4 is 23.6 Å². The van der Waals surface area contributed by atoms with Crippen LogP contribution in [0, 0.1) is 11.3 Å². The van der Waals surface area contributed by atoms with Gasteiger partial charge in [0.2, 0.25) is 0 Å². The van der Waals surface area contributed by atoms with Gasteiger partial charge in [-0.25, -0.2) is 14.4 Å². The third-order valence-electron chi connectivity index (χ3n) is 2.87. The van der Waals surface area contributed by atoms with Crippen molar-refractivity contribution in [1.82, 2.24) is 0 Å². The largest absolute Gasteiger partial charge is 0.478 e. The van der Waals surface area contributed by atoms with E-state index in [1.54, 1.807) is 6.07 Å². The van der Waals surface area contributed by atoms with Crippen molar-refractivity contribution < 1.29 is 29.0 Å². The van der Waals surface area contributed by atoms with Crippen LogP contribution in [0.4, 0.5) is 5.69 Å². The molecule has 1 aromatic rings. The standard InChI is InChI=1S/C15H12N2O6/c1-15(2)22-13(20)11(14(21)23-15)7-17-9-3-4-10(12(18)19)8(5-9)6-16/h3-5,7,17H,1-2H3,(H,18,19). The van der Waals surface area contributed by atoms with E-state index in [9.17, 15) is 14.4 Å². The lowest BCUT2D eigenvalue weighted by Gasteiger charge is -2.29. The van der Waals surface area contributed by atoms with Gasteiger partial charge in [0, 0.05) is 25.7 Å². The van der Waals surface area contributed by atoms with Crippen LogP contribution in [0.5, 0.6) is 0 Å². The summed E-state index contributed by atoms with van der Waals surface area (Å²) in [5.74, 6) is -4.25. The topological polar surface area (TPSA) is 126 Å². The Hall–Kier alpha value is -3.34. The molecule has 8 nitrogen and oxygen atoms in total. The molecule has 0 radical (unpaired) electrons. The van der Waals surface area contributed by atoms with Crippen LogP contribution in [0.25, 0.3) is 0 Å². The number of carboxylic acid groups (broad SMARTS) is 1. The Balaban J connectivity index is 2.24. The number of nitriles is 1. The summed E-state index contributed by atoms with van der Waals surface area (Å²) in [6, 6.07) is 5.67. The van der Waals surface area contributed by atoms with Gasteiger partial charge in [-0.05, 0) is 18.2 Å². The van der Waals surface area contributed by atoms with Gasteiger partial charge < -0.3 is 19.9 Å². The second-order valence-electron chi connectivity index (χ2n) is 5.06. The molecule has 0 amide bonds. The molecule has 118 valence electrons. The fourth-order valence-electron chi connectivity index (χ4n) is 1.85. The Bertz CT molecular complexity index is 751. The van der Waals surface area contributed by atoms with E-state index in [-0.39, 0.29) is 16.7 Å². The summed E-state index contributed by atoms with van der Waals surface area (Å²) in [6.45, 7) is 2.85. The number of benzene rings is 1. The van der Waals surface area contributed by atoms with Gasteiger partial charge in [0.15, 0.2) is 5.57 Å². The highest BCUT2D eigenvalue weighted by Crippen LogP contribution is 2.23. The molecule has 8 heteroatoms. The highest BCUT2D eigenvalue weighted by molar-refractivity contribution is 6.15. The number of carboxylic acids is 1. The zero-order valence-electron chi connectivity index (χ0n) is 12.2. The minimum absolute atomic E-state index is 0.0594. The van der Waals surface area contributed by atoms with Crippen LogP contribution in [0.1, 0.15) is 29.8 Å². The van der Waals surface area contributed by atoms with Crippen LogP contribution in [0.15, 0.2) is 30.0 Å². The number of nitrogens with one attached hydrogen (secondary N) is 1. The molecule has 1 saturated heterocycles. The van der Waals surface area contributed by atoms with Gasteiger partial charge in [-0.3, -0.25) is 0 Å². The fraction of sp³-hybridized carbons (Fsp3) is 0.200. The average Bonchev–Trinajstić information content (AvgIpc) is 2.44. The predicted molar refractivity (Wildman–Crippen MR) is 76.1 cm³/mol. The molecule has 1 aromatic carbocycles. The van der Waals surface area contributed by atoms with Crippen LogP contribution in [-0.2, 0) is 19.1 Å². The summed E-state index contributed by atoms with van der Waals surface area (Å²) in [7, 11) is 0. The molecule has 23 heavy (non-hydrogen) atoms. The third-order valence-corrected chi connectivity index (χ3v) is 2.87. The summed E-state index contributed by atoms with van der Waals surface area (Å²) in [4.78, 5) is 34.4. The van der Waals surface area contributed by atoms with Crippen LogP contribution in [-0.4, -0.2) is 28.8 Å². The highest BCUT2D eigenvalue weighted by Gasteiger charge is 2.38. The van der Waals surface area contributed by atoms with E-state index in [1.807, 2.05) is 0 Å². The van der Waals surface area contributed by atoms with Gasteiger partial charge in [-0.2, -0.15) is 5.26 Å². The molecule has 0 saturated carbocycles. The van der Waals surface area contributed by atoms with Gasteiger partial charge in [-0.1, -0.05) is 0 Å². The van der Waals surface area contributed by atoms with Crippen LogP contribution in [0.2, 0.25) is 0 Å². The molecule has 0 aromatic heterocycles. The van der Waals surface area contributed by atoms with E-state index in [0.29, 0.717) is 5.69 Å². The first-order chi connectivity index (χ1) is 10.7. The first kappa shape index (κ1) is 16.0. The van der Waals surface area contributed by atoms with Gasteiger partial charge in [0.05, 0.1) is 11.1 Å². The van der Waals surface area contributed by atoms with Crippen molar-refractivity contribution in [2.75, 3.05) is 5.32 Å². The molecule has 2 rings (SSSR count). The number of cyclic esters (lactones) is 2. The Labute approximate surface area is 130 Å². The Morgan fingerprint density at radius 1 is 1.30 bits per heavy atom. The smallest absolute Gasteiger partial charge is 0.350 e. The molecule has 1 aliphatic heterocycles.